The van der Waals surface area contributed by atoms with Gasteiger partial charge in [-0.1, -0.05) is 35.9 Å². The van der Waals surface area contributed by atoms with E-state index in [2.05, 4.69) is 5.92 Å². The number of hydrogen-bond donors (Lipinski definition) is 1. The number of carbonyl (C=O) groups excluding carboxylic acids is 1. The van der Waals surface area contributed by atoms with Crippen molar-refractivity contribution in [3.8, 4) is 18.1 Å². The molecule has 0 aliphatic carbocycles. The second kappa shape index (κ2) is 6.77. The Kier molecular flexibility index (Phi) is 4.54. The molecule has 3 atom stereocenters. The van der Waals surface area contributed by atoms with Gasteiger partial charge >= 0.3 is 0 Å². The van der Waals surface area contributed by atoms with Crippen molar-refractivity contribution in [1.82, 2.24) is 0 Å². The van der Waals surface area contributed by atoms with Crippen molar-refractivity contribution in [3.05, 3.63) is 60.2 Å². The van der Waals surface area contributed by atoms with Gasteiger partial charge in [0.25, 0.3) is 5.91 Å². The van der Waals surface area contributed by atoms with E-state index in [1.165, 1.54) is 0 Å². The number of β-lactam (4-membered cyclic amide) rings is 1. The molecule has 0 radical (unpaired) electrons. The highest BCUT2D eigenvalue weighted by Crippen LogP contribution is 2.33. The van der Waals surface area contributed by atoms with Crippen LogP contribution in [0.3, 0.4) is 0 Å². The smallest absolute Gasteiger partial charge is 0.270 e. The summed E-state index contributed by atoms with van der Waals surface area (Å²) in [5, 5.41) is 10.4. The molecule has 0 aromatic heterocycles. The Morgan fingerprint density at radius 3 is 2.50 bits per heavy atom. The molecule has 1 amide bonds. The predicted molar refractivity (Wildman–Crippen MR) is 92.8 cm³/mol. The molecule has 0 saturated carbocycles. The molecular weight excluding hydrogens is 302 g/mol. The number of rotatable bonds is 5. The number of ether oxygens (including phenoxy) is 1. The standard InChI is InChI=1S/C20H19NO3/c1-3-7-17(22)18-19(24-16-8-5-4-6-9-16)20(23)21(18)15-12-10-14(2)11-13-15/h1,4-6,8-13,17-19,22H,7H2,2H3/t17-,18-,19+/m0/s1. The van der Waals surface area contributed by atoms with Crippen LogP contribution >= 0.6 is 0 Å². The Balaban J connectivity index is 1.86. The lowest BCUT2D eigenvalue weighted by atomic mass is 9.89. The van der Waals surface area contributed by atoms with Crippen LogP contribution in [0.5, 0.6) is 5.75 Å². The van der Waals surface area contributed by atoms with Crippen LogP contribution in [0.25, 0.3) is 0 Å². The minimum absolute atomic E-state index is 0.162. The Hall–Kier alpha value is -2.77. The van der Waals surface area contributed by atoms with Crippen LogP contribution in [0, 0.1) is 19.3 Å². The number of anilines is 1. The van der Waals surface area contributed by atoms with Crippen LogP contribution in [-0.4, -0.2) is 29.3 Å². The zero-order chi connectivity index (χ0) is 17.1. The van der Waals surface area contributed by atoms with Gasteiger partial charge in [0.15, 0.2) is 0 Å². The van der Waals surface area contributed by atoms with E-state index in [0.717, 1.165) is 11.3 Å². The van der Waals surface area contributed by atoms with E-state index < -0.39 is 18.2 Å². The molecule has 1 aliphatic heterocycles. The number of aliphatic hydroxyl groups excluding tert-OH is 1. The number of nitrogens with zero attached hydrogens (tertiary/aromatic N) is 1. The topological polar surface area (TPSA) is 49.8 Å². The third-order valence-electron chi connectivity index (χ3n) is 4.13. The normalized spacial score (nSPS) is 20.9. The van der Waals surface area contributed by atoms with Gasteiger partial charge in [-0.25, -0.2) is 0 Å². The lowest BCUT2D eigenvalue weighted by molar-refractivity contribution is -0.138. The molecule has 24 heavy (non-hydrogen) atoms. The summed E-state index contributed by atoms with van der Waals surface area (Å²) in [5.74, 6) is 2.87. The van der Waals surface area contributed by atoms with E-state index in [0.29, 0.717) is 5.75 Å². The van der Waals surface area contributed by atoms with Crippen LogP contribution in [0.1, 0.15) is 12.0 Å². The minimum Gasteiger partial charge on any atom is -0.478 e. The van der Waals surface area contributed by atoms with Crippen LogP contribution in [-0.2, 0) is 4.79 Å². The Bertz CT molecular complexity index is 749. The highest BCUT2D eigenvalue weighted by Gasteiger charge is 2.53. The van der Waals surface area contributed by atoms with E-state index in [9.17, 15) is 9.90 Å². The van der Waals surface area contributed by atoms with Crippen LogP contribution in [0.4, 0.5) is 5.69 Å². The number of hydrogen-bond acceptors (Lipinski definition) is 3. The molecule has 1 saturated heterocycles. The van der Waals surface area contributed by atoms with Crippen molar-refractivity contribution in [3.63, 3.8) is 0 Å². The van der Waals surface area contributed by atoms with Gasteiger partial charge in [-0.2, -0.15) is 0 Å². The van der Waals surface area contributed by atoms with E-state index in [-0.39, 0.29) is 12.3 Å². The van der Waals surface area contributed by atoms with Gasteiger partial charge in [0, 0.05) is 12.1 Å². The average molecular weight is 321 g/mol. The quantitative estimate of drug-likeness (QED) is 0.680. The maximum Gasteiger partial charge on any atom is 0.270 e. The summed E-state index contributed by atoms with van der Waals surface area (Å²) in [5.41, 5.74) is 1.84. The SMILES string of the molecule is C#CC[C@H](O)[C@H]1[C@@H](Oc2ccccc2)C(=O)N1c1ccc(C)cc1. The molecule has 0 unspecified atom stereocenters. The molecule has 2 aromatic rings. The predicted octanol–water partition coefficient (Wildman–Crippen LogP) is 2.54. The molecular formula is C20H19NO3. The second-order valence-electron chi connectivity index (χ2n) is 5.86. The summed E-state index contributed by atoms with van der Waals surface area (Å²) in [6.45, 7) is 1.98. The molecule has 3 rings (SSSR count). The summed E-state index contributed by atoms with van der Waals surface area (Å²) in [7, 11) is 0. The first-order valence-electron chi connectivity index (χ1n) is 7.85. The molecule has 4 heteroatoms. The minimum atomic E-state index is -0.845. The zero-order valence-electron chi connectivity index (χ0n) is 13.4. The number of terminal acetylenes is 1. The van der Waals surface area contributed by atoms with Gasteiger partial charge in [0.1, 0.15) is 11.8 Å². The molecule has 1 fully saturated rings. The maximum absolute atomic E-state index is 12.6. The molecule has 1 heterocycles. The molecule has 2 aromatic carbocycles. The van der Waals surface area contributed by atoms with Gasteiger partial charge in [-0.15, -0.1) is 12.3 Å². The highest BCUT2D eigenvalue weighted by molar-refractivity contribution is 6.05. The number of aliphatic hydroxyl groups is 1. The monoisotopic (exact) mass is 321 g/mol. The maximum atomic E-state index is 12.6. The average Bonchev–Trinajstić information content (AvgIpc) is 2.59. The molecule has 1 N–H and O–H groups in total. The number of amides is 1. The van der Waals surface area contributed by atoms with Crippen molar-refractivity contribution in [2.24, 2.45) is 0 Å². The van der Waals surface area contributed by atoms with Gasteiger partial charge < -0.3 is 9.84 Å². The van der Waals surface area contributed by atoms with E-state index in [4.69, 9.17) is 11.2 Å². The first kappa shape index (κ1) is 16.1. The Morgan fingerprint density at radius 2 is 1.88 bits per heavy atom. The zero-order valence-corrected chi connectivity index (χ0v) is 13.4. The summed E-state index contributed by atoms with van der Waals surface area (Å²) in [6, 6.07) is 16.2. The molecule has 122 valence electrons. The first-order chi connectivity index (χ1) is 11.6. The van der Waals surface area contributed by atoms with Crippen molar-refractivity contribution in [2.45, 2.75) is 31.6 Å². The molecule has 0 bridgehead atoms. The van der Waals surface area contributed by atoms with Crippen molar-refractivity contribution in [1.29, 1.82) is 0 Å². The highest BCUT2D eigenvalue weighted by atomic mass is 16.5. The molecule has 0 spiro atoms. The summed E-state index contributed by atoms with van der Waals surface area (Å²) in [6.07, 6.45) is 3.91. The van der Waals surface area contributed by atoms with Crippen LogP contribution < -0.4 is 9.64 Å². The fraction of sp³-hybridized carbons (Fsp3) is 0.250. The van der Waals surface area contributed by atoms with E-state index >= 15 is 0 Å². The first-order valence-corrected chi connectivity index (χ1v) is 7.85. The largest absolute Gasteiger partial charge is 0.478 e. The number of para-hydroxylation sites is 1. The van der Waals surface area contributed by atoms with E-state index in [1.807, 2.05) is 49.4 Å². The van der Waals surface area contributed by atoms with E-state index in [1.54, 1.807) is 17.0 Å². The number of carbonyl (C=O) groups is 1. The summed E-state index contributed by atoms with van der Waals surface area (Å²) in [4.78, 5) is 14.2. The Labute approximate surface area is 141 Å². The summed E-state index contributed by atoms with van der Waals surface area (Å²) >= 11 is 0. The molecule has 1 aliphatic rings. The van der Waals surface area contributed by atoms with Crippen LogP contribution in [0.2, 0.25) is 0 Å². The van der Waals surface area contributed by atoms with Gasteiger partial charge in [0.2, 0.25) is 6.10 Å². The third kappa shape index (κ3) is 2.99. The van der Waals surface area contributed by atoms with Gasteiger partial charge in [-0.05, 0) is 31.2 Å². The Morgan fingerprint density at radius 1 is 1.21 bits per heavy atom. The third-order valence-corrected chi connectivity index (χ3v) is 4.13. The fourth-order valence-electron chi connectivity index (χ4n) is 2.87. The lowest BCUT2D eigenvalue weighted by Crippen LogP contribution is -2.71. The van der Waals surface area contributed by atoms with Crippen LogP contribution in [0.15, 0.2) is 54.6 Å². The molecule has 4 nitrogen and oxygen atoms in total. The van der Waals surface area contributed by atoms with Gasteiger partial charge in [-0.3, -0.25) is 9.69 Å². The number of aryl methyl sites for hydroxylation is 1. The fourth-order valence-corrected chi connectivity index (χ4v) is 2.87. The van der Waals surface area contributed by atoms with Crippen molar-refractivity contribution >= 4 is 11.6 Å². The van der Waals surface area contributed by atoms with Crippen molar-refractivity contribution in [2.75, 3.05) is 4.90 Å². The van der Waals surface area contributed by atoms with Crippen molar-refractivity contribution < 1.29 is 14.6 Å². The summed E-state index contributed by atoms with van der Waals surface area (Å²) < 4.78 is 5.80. The number of benzene rings is 2. The second-order valence-corrected chi connectivity index (χ2v) is 5.86. The lowest BCUT2D eigenvalue weighted by Gasteiger charge is -2.48. The van der Waals surface area contributed by atoms with Gasteiger partial charge in [0.05, 0.1) is 6.10 Å².